The van der Waals surface area contributed by atoms with Crippen molar-refractivity contribution in [3.63, 3.8) is 0 Å². The minimum atomic E-state index is -0.356. The fraction of sp³-hybridized carbons (Fsp3) is 1.00. The predicted octanol–water partition coefficient (Wildman–Crippen LogP) is 4.46. The first kappa shape index (κ1) is 23.8. The fourth-order valence-electron chi connectivity index (χ4n) is 2.81. The first-order chi connectivity index (χ1) is 11.8. The molecule has 0 radical (unpaired) electrons. The van der Waals surface area contributed by atoms with E-state index in [1.54, 1.807) is 0 Å². The van der Waals surface area contributed by atoms with Gasteiger partial charge in [-0.05, 0) is 6.42 Å². The number of hydrogen-bond donors (Lipinski definition) is 2. The third-order valence-corrected chi connectivity index (χ3v) is 4.31. The second-order valence-electron chi connectivity index (χ2n) is 6.74. The van der Waals surface area contributed by atoms with E-state index in [9.17, 15) is 5.11 Å². The molecular weight excluding hydrogens is 304 g/mol. The number of hydrogen-bond acceptors (Lipinski definition) is 4. The van der Waals surface area contributed by atoms with Crippen molar-refractivity contribution in [3.05, 3.63) is 0 Å². The minimum Gasteiger partial charge on any atom is -0.394 e. The third kappa shape index (κ3) is 19.9. The quantitative estimate of drug-likeness (QED) is 0.319. The molecule has 2 N–H and O–H groups in total. The van der Waals surface area contributed by atoms with Crippen LogP contribution in [0.5, 0.6) is 0 Å². The van der Waals surface area contributed by atoms with Crippen LogP contribution in [0.2, 0.25) is 0 Å². The Bertz CT molecular complexity index is 224. The lowest BCUT2D eigenvalue weighted by atomic mass is 10.0. The highest BCUT2D eigenvalue weighted by Crippen LogP contribution is 2.13. The van der Waals surface area contributed by atoms with Crippen LogP contribution in [0.15, 0.2) is 0 Å². The summed E-state index contributed by atoms with van der Waals surface area (Å²) in [6, 6.07) is 0. The van der Waals surface area contributed by atoms with Gasteiger partial charge in [0.05, 0.1) is 39.1 Å². The standard InChI is InChI=1S/C20H42O4/c1-2-3-4-5-6-7-8-9-10-11-12-13-14-20(22)19-24-18-17-23-16-15-21/h20-22H,2-19H2,1H3. The van der Waals surface area contributed by atoms with Crippen molar-refractivity contribution >= 4 is 0 Å². The molecule has 1 unspecified atom stereocenters. The van der Waals surface area contributed by atoms with Gasteiger partial charge in [-0.2, -0.15) is 0 Å². The van der Waals surface area contributed by atoms with Crippen LogP contribution in [0, 0.1) is 0 Å². The average Bonchev–Trinajstić information content (AvgIpc) is 2.59. The number of aliphatic hydroxyl groups is 2. The van der Waals surface area contributed by atoms with Gasteiger partial charge in [0.25, 0.3) is 0 Å². The third-order valence-electron chi connectivity index (χ3n) is 4.31. The number of unbranched alkanes of at least 4 members (excludes halogenated alkanes) is 11. The maximum Gasteiger partial charge on any atom is 0.0773 e. The molecule has 0 aromatic carbocycles. The molecule has 0 saturated carbocycles. The van der Waals surface area contributed by atoms with Crippen LogP contribution in [0.4, 0.5) is 0 Å². The Hall–Kier alpha value is -0.160. The Kier molecular flexibility index (Phi) is 20.7. The number of rotatable bonds is 20. The summed E-state index contributed by atoms with van der Waals surface area (Å²) in [6.45, 7) is 4.01. The number of aliphatic hydroxyl groups excluding tert-OH is 2. The SMILES string of the molecule is CCCCCCCCCCCCCCC(O)COCCOCCO. The van der Waals surface area contributed by atoms with Crippen molar-refractivity contribution in [2.75, 3.05) is 33.0 Å². The van der Waals surface area contributed by atoms with Gasteiger partial charge < -0.3 is 19.7 Å². The summed E-state index contributed by atoms with van der Waals surface area (Å²) in [5, 5.41) is 18.4. The highest BCUT2D eigenvalue weighted by atomic mass is 16.5. The van der Waals surface area contributed by atoms with Gasteiger partial charge in [-0.3, -0.25) is 0 Å². The van der Waals surface area contributed by atoms with E-state index in [1.165, 1.54) is 70.6 Å². The topological polar surface area (TPSA) is 58.9 Å². The minimum absolute atomic E-state index is 0.0432. The van der Waals surface area contributed by atoms with Gasteiger partial charge in [0.2, 0.25) is 0 Å². The average molecular weight is 347 g/mol. The van der Waals surface area contributed by atoms with Crippen molar-refractivity contribution in [1.29, 1.82) is 0 Å². The van der Waals surface area contributed by atoms with Crippen LogP contribution in [0.1, 0.15) is 90.4 Å². The zero-order valence-corrected chi connectivity index (χ0v) is 16.0. The van der Waals surface area contributed by atoms with E-state index in [1.807, 2.05) is 0 Å². The van der Waals surface area contributed by atoms with E-state index < -0.39 is 0 Å². The summed E-state index contributed by atoms with van der Waals surface area (Å²) in [5.74, 6) is 0. The molecule has 0 aliphatic carbocycles. The van der Waals surface area contributed by atoms with Gasteiger partial charge >= 0.3 is 0 Å². The Morgan fingerprint density at radius 2 is 1.17 bits per heavy atom. The van der Waals surface area contributed by atoms with Crippen LogP contribution >= 0.6 is 0 Å². The van der Waals surface area contributed by atoms with Crippen molar-refractivity contribution < 1.29 is 19.7 Å². The monoisotopic (exact) mass is 346 g/mol. The lowest BCUT2D eigenvalue weighted by molar-refractivity contribution is -0.00465. The van der Waals surface area contributed by atoms with Crippen molar-refractivity contribution in [3.8, 4) is 0 Å². The zero-order chi connectivity index (χ0) is 17.7. The maximum absolute atomic E-state index is 9.81. The molecule has 0 bridgehead atoms. The molecular formula is C20H42O4. The molecule has 0 spiro atoms. The van der Waals surface area contributed by atoms with Crippen LogP contribution in [0.3, 0.4) is 0 Å². The normalized spacial score (nSPS) is 12.6. The van der Waals surface area contributed by atoms with E-state index in [4.69, 9.17) is 14.6 Å². The van der Waals surface area contributed by atoms with Crippen LogP contribution in [-0.2, 0) is 9.47 Å². The molecule has 0 heterocycles. The van der Waals surface area contributed by atoms with Gasteiger partial charge in [-0.25, -0.2) is 0 Å². The molecule has 4 nitrogen and oxygen atoms in total. The zero-order valence-electron chi connectivity index (χ0n) is 16.0. The summed E-state index contributed by atoms with van der Waals surface area (Å²) in [4.78, 5) is 0. The molecule has 0 rings (SSSR count). The van der Waals surface area contributed by atoms with Crippen molar-refractivity contribution in [2.24, 2.45) is 0 Å². The molecule has 0 amide bonds. The summed E-state index contributed by atoms with van der Waals surface area (Å²) in [5.41, 5.74) is 0. The maximum atomic E-state index is 9.81. The molecule has 0 aromatic rings. The van der Waals surface area contributed by atoms with Crippen molar-refractivity contribution in [1.82, 2.24) is 0 Å². The molecule has 0 aromatic heterocycles. The number of ether oxygens (including phenoxy) is 2. The fourth-order valence-corrected chi connectivity index (χ4v) is 2.81. The van der Waals surface area contributed by atoms with Gasteiger partial charge in [-0.15, -0.1) is 0 Å². The van der Waals surface area contributed by atoms with E-state index in [0.717, 1.165) is 12.8 Å². The van der Waals surface area contributed by atoms with Crippen LogP contribution in [0.25, 0.3) is 0 Å². The van der Waals surface area contributed by atoms with Gasteiger partial charge in [0.1, 0.15) is 0 Å². The van der Waals surface area contributed by atoms with Crippen LogP contribution in [-0.4, -0.2) is 49.4 Å². The molecule has 4 heteroatoms. The predicted molar refractivity (Wildman–Crippen MR) is 100 cm³/mol. The first-order valence-corrected chi connectivity index (χ1v) is 10.3. The highest BCUT2D eigenvalue weighted by molar-refractivity contribution is 4.55. The van der Waals surface area contributed by atoms with Gasteiger partial charge in [0, 0.05) is 0 Å². The Balaban J connectivity index is 3.10. The second-order valence-corrected chi connectivity index (χ2v) is 6.74. The van der Waals surface area contributed by atoms with Gasteiger partial charge in [-0.1, -0.05) is 84.0 Å². The molecule has 0 aliphatic rings. The largest absolute Gasteiger partial charge is 0.394 e. The highest BCUT2D eigenvalue weighted by Gasteiger charge is 2.04. The lowest BCUT2D eigenvalue weighted by Gasteiger charge is -2.11. The second kappa shape index (κ2) is 20.9. The molecule has 146 valence electrons. The molecule has 24 heavy (non-hydrogen) atoms. The Morgan fingerprint density at radius 1 is 0.667 bits per heavy atom. The van der Waals surface area contributed by atoms with E-state index in [0.29, 0.717) is 26.4 Å². The van der Waals surface area contributed by atoms with Gasteiger partial charge in [0.15, 0.2) is 0 Å². The van der Waals surface area contributed by atoms with E-state index >= 15 is 0 Å². The Morgan fingerprint density at radius 3 is 1.71 bits per heavy atom. The Labute approximate surface area is 149 Å². The molecule has 0 saturated heterocycles. The summed E-state index contributed by atoms with van der Waals surface area (Å²) in [6.07, 6.45) is 16.5. The molecule has 1 atom stereocenters. The molecule has 0 fully saturated rings. The van der Waals surface area contributed by atoms with Crippen LogP contribution < -0.4 is 0 Å². The summed E-state index contributed by atoms with van der Waals surface area (Å²) >= 11 is 0. The smallest absolute Gasteiger partial charge is 0.0773 e. The molecule has 0 aliphatic heterocycles. The first-order valence-electron chi connectivity index (χ1n) is 10.3. The van der Waals surface area contributed by atoms with E-state index in [2.05, 4.69) is 6.92 Å². The van der Waals surface area contributed by atoms with Crippen molar-refractivity contribution in [2.45, 2.75) is 96.5 Å². The summed E-state index contributed by atoms with van der Waals surface area (Å²) < 4.78 is 10.4. The summed E-state index contributed by atoms with van der Waals surface area (Å²) in [7, 11) is 0. The van der Waals surface area contributed by atoms with E-state index in [-0.39, 0.29) is 12.7 Å². The lowest BCUT2D eigenvalue weighted by Crippen LogP contribution is -2.17.